The van der Waals surface area contributed by atoms with E-state index in [4.69, 9.17) is 11.6 Å². The Hall–Kier alpha value is -1.91. The maximum absolute atomic E-state index is 13.6. The Morgan fingerprint density at radius 3 is 2.52 bits per heavy atom. The van der Waals surface area contributed by atoms with Crippen LogP contribution in [0.3, 0.4) is 0 Å². The van der Waals surface area contributed by atoms with E-state index in [1.165, 1.54) is 6.07 Å². The Kier molecular flexibility index (Phi) is 6.13. The molecular weight excluding hydrogens is 315 g/mol. The number of carbonyl (C=O) groups is 1. The molecule has 23 heavy (non-hydrogen) atoms. The first-order valence-electron chi connectivity index (χ1n) is 7.55. The van der Waals surface area contributed by atoms with Crippen molar-refractivity contribution in [3.8, 4) is 0 Å². The van der Waals surface area contributed by atoms with Gasteiger partial charge in [0.15, 0.2) is 6.54 Å². The number of halogens is 2. The van der Waals surface area contributed by atoms with Gasteiger partial charge >= 0.3 is 0 Å². The zero-order valence-electron chi connectivity index (χ0n) is 13.3. The molecule has 0 radical (unpaired) electrons. The summed E-state index contributed by atoms with van der Waals surface area (Å²) in [7, 11) is 1.87. The van der Waals surface area contributed by atoms with E-state index in [1.54, 1.807) is 30.3 Å². The van der Waals surface area contributed by atoms with Crippen LogP contribution in [-0.4, -0.2) is 19.5 Å². The summed E-state index contributed by atoms with van der Waals surface area (Å²) in [6.07, 6.45) is 0. The van der Waals surface area contributed by atoms with E-state index < -0.39 is 0 Å². The van der Waals surface area contributed by atoms with Crippen LogP contribution in [0.2, 0.25) is 5.02 Å². The third kappa shape index (κ3) is 5.34. The molecule has 0 aliphatic heterocycles. The van der Waals surface area contributed by atoms with Gasteiger partial charge in [-0.25, -0.2) is 4.39 Å². The van der Waals surface area contributed by atoms with Gasteiger partial charge in [0, 0.05) is 10.6 Å². The Balaban J connectivity index is 1.86. The molecule has 0 aliphatic carbocycles. The maximum atomic E-state index is 13.6. The molecule has 5 heteroatoms. The van der Waals surface area contributed by atoms with Crippen molar-refractivity contribution in [2.75, 3.05) is 13.6 Å². The number of hydrogen-bond donors (Lipinski definition) is 2. The van der Waals surface area contributed by atoms with Gasteiger partial charge in [0.05, 0.1) is 13.1 Å². The summed E-state index contributed by atoms with van der Waals surface area (Å²) in [4.78, 5) is 13.1. The molecule has 3 nitrogen and oxygen atoms in total. The van der Waals surface area contributed by atoms with E-state index in [0.29, 0.717) is 17.1 Å². The summed E-state index contributed by atoms with van der Waals surface area (Å²) in [6, 6.07) is 13.9. The van der Waals surface area contributed by atoms with Crippen molar-refractivity contribution in [3.63, 3.8) is 0 Å². The van der Waals surface area contributed by atoms with Gasteiger partial charge in [-0.2, -0.15) is 0 Å². The average Bonchev–Trinajstić information content (AvgIpc) is 2.50. The first kappa shape index (κ1) is 17.4. The van der Waals surface area contributed by atoms with Crippen molar-refractivity contribution in [2.45, 2.75) is 19.5 Å². The zero-order chi connectivity index (χ0) is 16.8. The Morgan fingerprint density at radius 1 is 1.22 bits per heavy atom. The van der Waals surface area contributed by atoms with Crippen LogP contribution in [0, 0.1) is 5.82 Å². The standard InChI is InChI=1S/C18H20ClFN2O/c1-13(14-7-9-16(19)10-8-14)21-18(23)12-22(2)11-15-5-3-4-6-17(15)20/h3-10,13H,11-12H2,1-2H3,(H,21,23)/p+1/t13-/m1/s1. The summed E-state index contributed by atoms with van der Waals surface area (Å²) in [6.45, 7) is 2.68. The monoisotopic (exact) mass is 335 g/mol. The molecule has 2 aromatic carbocycles. The zero-order valence-corrected chi connectivity index (χ0v) is 14.0. The van der Waals surface area contributed by atoms with Crippen LogP contribution < -0.4 is 10.2 Å². The van der Waals surface area contributed by atoms with E-state index >= 15 is 0 Å². The van der Waals surface area contributed by atoms with Gasteiger partial charge in [0.25, 0.3) is 5.91 Å². The molecule has 0 saturated carbocycles. The fourth-order valence-corrected chi connectivity index (χ4v) is 2.56. The number of carbonyl (C=O) groups excluding carboxylic acids is 1. The van der Waals surface area contributed by atoms with Crippen molar-refractivity contribution in [1.29, 1.82) is 0 Å². The fourth-order valence-electron chi connectivity index (χ4n) is 2.43. The minimum Gasteiger partial charge on any atom is -0.345 e. The van der Waals surface area contributed by atoms with Crippen LogP contribution in [0.1, 0.15) is 24.1 Å². The lowest BCUT2D eigenvalue weighted by Gasteiger charge is -2.17. The SMILES string of the molecule is C[C@@H](NC(=O)C[NH+](C)Cc1ccccc1F)c1ccc(Cl)cc1. The number of rotatable bonds is 6. The molecule has 0 heterocycles. The molecule has 2 N–H and O–H groups in total. The highest BCUT2D eigenvalue weighted by Crippen LogP contribution is 2.15. The molecule has 0 fully saturated rings. The second-order valence-corrected chi connectivity index (χ2v) is 6.18. The summed E-state index contributed by atoms with van der Waals surface area (Å²) in [5, 5.41) is 3.62. The van der Waals surface area contributed by atoms with Gasteiger partial charge in [0.2, 0.25) is 0 Å². The molecule has 0 saturated heterocycles. The quantitative estimate of drug-likeness (QED) is 0.835. The fraction of sp³-hybridized carbons (Fsp3) is 0.278. The van der Waals surface area contributed by atoms with Crippen LogP contribution in [0.5, 0.6) is 0 Å². The lowest BCUT2D eigenvalue weighted by atomic mass is 10.1. The second kappa shape index (κ2) is 8.09. The average molecular weight is 336 g/mol. The van der Waals surface area contributed by atoms with Gasteiger partial charge in [-0.3, -0.25) is 4.79 Å². The van der Waals surface area contributed by atoms with Gasteiger partial charge in [-0.05, 0) is 30.7 Å². The van der Waals surface area contributed by atoms with Crippen LogP contribution >= 0.6 is 11.6 Å². The Morgan fingerprint density at radius 2 is 1.87 bits per heavy atom. The van der Waals surface area contributed by atoms with Crippen LogP contribution in [-0.2, 0) is 11.3 Å². The van der Waals surface area contributed by atoms with Crippen LogP contribution in [0.4, 0.5) is 4.39 Å². The molecule has 122 valence electrons. The van der Waals surface area contributed by atoms with Crippen molar-refractivity contribution in [1.82, 2.24) is 5.32 Å². The number of likely N-dealkylation sites (N-methyl/N-ethyl adjacent to an activating group) is 1. The number of benzene rings is 2. The highest BCUT2D eigenvalue weighted by atomic mass is 35.5. The van der Waals surface area contributed by atoms with E-state index in [9.17, 15) is 9.18 Å². The van der Waals surface area contributed by atoms with Gasteiger partial charge < -0.3 is 10.2 Å². The molecule has 2 rings (SSSR count). The largest absolute Gasteiger partial charge is 0.345 e. The van der Waals surface area contributed by atoms with Crippen molar-refractivity contribution < 1.29 is 14.1 Å². The highest BCUT2D eigenvalue weighted by Gasteiger charge is 2.15. The topological polar surface area (TPSA) is 33.5 Å². The van der Waals surface area contributed by atoms with E-state index in [0.717, 1.165) is 10.5 Å². The highest BCUT2D eigenvalue weighted by molar-refractivity contribution is 6.30. The minimum absolute atomic E-state index is 0.0683. The third-order valence-electron chi connectivity index (χ3n) is 3.66. The molecular formula is C18H21ClFN2O+. The summed E-state index contributed by atoms with van der Waals surface area (Å²) < 4.78 is 13.6. The normalized spacial score (nSPS) is 13.4. The van der Waals surface area contributed by atoms with Crippen LogP contribution in [0.25, 0.3) is 0 Å². The lowest BCUT2D eigenvalue weighted by Crippen LogP contribution is -3.09. The third-order valence-corrected chi connectivity index (χ3v) is 3.91. The van der Waals surface area contributed by atoms with Crippen molar-refractivity contribution in [2.24, 2.45) is 0 Å². The number of quaternary nitrogens is 1. The molecule has 2 atom stereocenters. The van der Waals surface area contributed by atoms with Gasteiger partial charge in [-0.1, -0.05) is 41.9 Å². The summed E-state index contributed by atoms with van der Waals surface area (Å²) >= 11 is 5.86. The molecule has 0 bridgehead atoms. The number of hydrogen-bond acceptors (Lipinski definition) is 1. The number of amides is 1. The molecule has 1 unspecified atom stereocenters. The summed E-state index contributed by atoms with van der Waals surface area (Å²) in [5.41, 5.74) is 1.61. The molecule has 0 aliphatic rings. The molecule has 0 aromatic heterocycles. The predicted octanol–water partition coefficient (Wildman–Crippen LogP) is 2.37. The van der Waals surface area contributed by atoms with Gasteiger partial charge in [-0.15, -0.1) is 0 Å². The smallest absolute Gasteiger partial charge is 0.275 e. The summed E-state index contributed by atoms with van der Waals surface area (Å²) in [5.74, 6) is -0.303. The second-order valence-electron chi connectivity index (χ2n) is 5.74. The lowest BCUT2D eigenvalue weighted by molar-refractivity contribution is -0.885. The van der Waals surface area contributed by atoms with E-state index in [-0.39, 0.29) is 24.3 Å². The predicted molar refractivity (Wildman–Crippen MR) is 89.9 cm³/mol. The van der Waals surface area contributed by atoms with E-state index in [2.05, 4.69) is 5.32 Å². The van der Waals surface area contributed by atoms with E-state index in [1.807, 2.05) is 26.1 Å². The molecule has 2 aromatic rings. The van der Waals surface area contributed by atoms with Crippen LogP contribution in [0.15, 0.2) is 48.5 Å². The first-order chi connectivity index (χ1) is 11.0. The van der Waals surface area contributed by atoms with Gasteiger partial charge in [0.1, 0.15) is 12.4 Å². The molecule has 1 amide bonds. The first-order valence-corrected chi connectivity index (χ1v) is 7.93. The Labute approximate surface area is 141 Å². The minimum atomic E-state index is -0.234. The maximum Gasteiger partial charge on any atom is 0.275 e. The Bertz CT molecular complexity index is 660. The van der Waals surface area contributed by atoms with Crippen molar-refractivity contribution in [3.05, 3.63) is 70.5 Å². The molecule has 0 spiro atoms. The van der Waals surface area contributed by atoms with Crippen molar-refractivity contribution >= 4 is 17.5 Å². The number of nitrogens with one attached hydrogen (secondary N) is 2.